The van der Waals surface area contributed by atoms with Gasteiger partial charge in [-0.1, -0.05) is 201 Å². The van der Waals surface area contributed by atoms with Crippen LogP contribution in [0.25, 0.3) is 0 Å². The van der Waals surface area contributed by atoms with Crippen molar-refractivity contribution in [3.8, 4) is 0 Å². The van der Waals surface area contributed by atoms with E-state index in [1.54, 1.807) is 0 Å². The summed E-state index contributed by atoms with van der Waals surface area (Å²) in [4.78, 5) is 24.2. The van der Waals surface area contributed by atoms with Gasteiger partial charge in [0.2, 0.25) is 0 Å². The van der Waals surface area contributed by atoms with Crippen molar-refractivity contribution in [2.24, 2.45) is 11.8 Å². The van der Waals surface area contributed by atoms with Crippen LogP contribution in [0.4, 0.5) is 0 Å². The summed E-state index contributed by atoms with van der Waals surface area (Å²) < 4.78 is 10.6. The average molecular weight is 667 g/mol. The fourth-order valence-electron chi connectivity index (χ4n) is 6.30. The topological polar surface area (TPSA) is 72.8 Å². The second-order valence-electron chi connectivity index (χ2n) is 15.2. The molecule has 280 valence electrons. The minimum atomic E-state index is -0.763. The third-order valence-corrected chi connectivity index (χ3v) is 9.87. The largest absolute Gasteiger partial charge is 0.462 e. The minimum absolute atomic E-state index is 0.0587. The number of hydrogen-bond donors (Lipinski definition) is 1. The molecule has 0 rings (SSSR count). The molecule has 0 aromatic carbocycles. The molecule has 0 aromatic heterocycles. The van der Waals surface area contributed by atoms with Gasteiger partial charge >= 0.3 is 11.9 Å². The third-order valence-electron chi connectivity index (χ3n) is 9.87. The molecule has 0 radical (unpaired) electrons. The van der Waals surface area contributed by atoms with Crippen LogP contribution in [0.1, 0.15) is 227 Å². The number of aliphatic hydroxyl groups excluding tert-OH is 1. The maximum Gasteiger partial charge on any atom is 0.306 e. The van der Waals surface area contributed by atoms with Gasteiger partial charge in [0.25, 0.3) is 0 Å². The number of hydrogen-bond acceptors (Lipinski definition) is 5. The molecular weight excluding hydrogens is 584 g/mol. The van der Waals surface area contributed by atoms with E-state index in [1.165, 1.54) is 154 Å². The lowest BCUT2D eigenvalue weighted by Crippen LogP contribution is -2.28. The Morgan fingerprint density at radius 2 is 0.830 bits per heavy atom. The number of carbonyl (C=O) groups is 2. The molecule has 47 heavy (non-hydrogen) atoms. The summed E-state index contributed by atoms with van der Waals surface area (Å²) in [6, 6.07) is 0. The highest BCUT2D eigenvalue weighted by molar-refractivity contribution is 5.70. The monoisotopic (exact) mass is 667 g/mol. The van der Waals surface area contributed by atoms with Crippen LogP contribution >= 0.6 is 0 Å². The molecule has 5 heteroatoms. The summed E-state index contributed by atoms with van der Waals surface area (Å²) in [5.74, 6) is 1.14. The minimum Gasteiger partial charge on any atom is -0.462 e. The quantitative estimate of drug-likeness (QED) is 0.0527. The average Bonchev–Trinajstić information content (AvgIpc) is 3.06. The molecule has 0 aliphatic heterocycles. The molecule has 0 spiro atoms. The molecule has 5 nitrogen and oxygen atoms in total. The van der Waals surface area contributed by atoms with Crippen LogP contribution in [0, 0.1) is 11.8 Å². The highest BCUT2D eigenvalue weighted by Gasteiger charge is 2.16. The second kappa shape index (κ2) is 36.2. The fraction of sp³-hybridized carbons (Fsp3) is 0.952. The van der Waals surface area contributed by atoms with Gasteiger partial charge in [0.05, 0.1) is 6.61 Å². The summed E-state index contributed by atoms with van der Waals surface area (Å²) in [6.07, 6.45) is 37.4. The molecule has 0 saturated carbocycles. The lowest BCUT2D eigenvalue weighted by molar-refractivity contribution is -0.161. The first-order valence-corrected chi connectivity index (χ1v) is 20.8. The summed E-state index contributed by atoms with van der Waals surface area (Å²) in [5.41, 5.74) is 0. The molecule has 0 aliphatic carbocycles. The van der Waals surface area contributed by atoms with Crippen LogP contribution in [0.5, 0.6) is 0 Å². The number of carbonyl (C=O) groups excluding carboxylic acids is 2. The lowest BCUT2D eigenvalue weighted by atomic mass is 9.99. The molecule has 0 aliphatic rings. The Kier molecular flexibility index (Phi) is 35.3. The highest BCUT2D eigenvalue weighted by atomic mass is 16.6. The third kappa shape index (κ3) is 36.0. The molecule has 1 N–H and O–H groups in total. The van der Waals surface area contributed by atoms with Crippen molar-refractivity contribution in [2.75, 3.05) is 13.2 Å². The maximum atomic E-state index is 12.1. The standard InChI is InChI=1S/C42H82O5/c1-5-39(4)33-29-25-21-18-19-23-27-31-35-42(45)47-40(36-43)37-46-41(44)34-30-26-22-17-15-13-11-9-7-6-8-10-12-14-16-20-24-28-32-38(2)3/h38-40,43H,5-37H2,1-4H3/t39?,40-/m0/s1. The van der Waals surface area contributed by atoms with E-state index in [4.69, 9.17) is 9.47 Å². The Morgan fingerprint density at radius 3 is 1.19 bits per heavy atom. The van der Waals surface area contributed by atoms with E-state index in [1.807, 2.05) is 0 Å². The van der Waals surface area contributed by atoms with Gasteiger partial charge in [-0.2, -0.15) is 0 Å². The Labute approximate surface area is 293 Å². The first-order valence-electron chi connectivity index (χ1n) is 20.8. The highest BCUT2D eigenvalue weighted by Crippen LogP contribution is 2.17. The normalized spacial score (nSPS) is 12.8. The van der Waals surface area contributed by atoms with E-state index < -0.39 is 6.10 Å². The number of rotatable bonds is 37. The summed E-state index contributed by atoms with van der Waals surface area (Å²) in [7, 11) is 0. The molecule has 0 bridgehead atoms. The SMILES string of the molecule is CCC(C)CCCCCCCCCCC(=O)O[C@@H](CO)COC(=O)CCCCCCCCCCCCCCCCCCCCC(C)C. The zero-order valence-corrected chi connectivity index (χ0v) is 32.1. The van der Waals surface area contributed by atoms with E-state index in [-0.39, 0.29) is 25.2 Å². The maximum absolute atomic E-state index is 12.1. The van der Waals surface area contributed by atoms with Crippen molar-refractivity contribution in [1.82, 2.24) is 0 Å². The second-order valence-corrected chi connectivity index (χ2v) is 15.2. The summed E-state index contributed by atoms with van der Waals surface area (Å²) in [5, 5.41) is 9.55. The van der Waals surface area contributed by atoms with Gasteiger partial charge in [-0.25, -0.2) is 0 Å². The molecule has 1 unspecified atom stereocenters. The van der Waals surface area contributed by atoms with Crippen LogP contribution < -0.4 is 0 Å². The molecule has 0 fully saturated rings. The summed E-state index contributed by atoms with van der Waals surface area (Å²) in [6.45, 7) is 8.88. The lowest BCUT2D eigenvalue weighted by Gasteiger charge is -2.15. The van der Waals surface area contributed by atoms with Gasteiger partial charge in [-0.15, -0.1) is 0 Å². The zero-order chi connectivity index (χ0) is 34.6. The van der Waals surface area contributed by atoms with E-state index >= 15 is 0 Å². The fourth-order valence-corrected chi connectivity index (χ4v) is 6.30. The zero-order valence-electron chi connectivity index (χ0n) is 32.1. The Bertz CT molecular complexity index is 663. The predicted molar refractivity (Wildman–Crippen MR) is 201 cm³/mol. The Hall–Kier alpha value is -1.10. The molecule has 0 heterocycles. The first kappa shape index (κ1) is 45.9. The van der Waals surface area contributed by atoms with Gasteiger partial charge in [0.1, 0.15) is 6.61 Å². The van der Waals surface area contributed by atoms with E-state index in [0.29, 0.717) is 12.8 Å². The predicted octanol–water partition coefficient (Wildman–Crippen LogP) is 12.8. The van der Waals surface area contributed by atoms with Crippen molar-refractivity contribution in [2.45, 2.75) is 233 Å². The number of esters is 2. The van der Waals surface area contributed by atoms with Crippen molar-refractivity contribution in [3.63, 3.8) is 0 Å². The van der Waals surface area contributed by atoms with Crippen LogP contribution in [-0.4, -0.2) is 36.4 Å². The first-order chi connectivity index (χ1) is 22.9. The van der Waals surface area contributed by atoms with Crippen molar-refractivity contribution >= 4 is 11.9 Å². The van der Waals surface area contributed by atoms with E-state index in [2.05, 4.69) is 27.7 Å². The molecule has 0 amide bonds. The van der Waals surface area contributed by atoms with Crippen LogP contribution in [-0.2, 0) is 19.1 Å². The van der Waals surface area contributed by atoms with Crippen molar-refractivity contribution < 1.29 is 24.2 Å². The van der Waals surface area contributed by atoms with Crippen LogP contribution in [0.15, 0.2) is 0 Å². The van der Waals surface area contributed by atoms with Gasteiger partial charge in [0.15, 0.2) is 6.10 Å². The van der Waals surface area contributed by atoms with Gasteiger partial charge in [-0.3, -0.25) is 9.59 Å². The molecule has 2 atom stereocenters. The van der Waals surface area contributed by atoms with E-state index in [0.717, 1.165) is 43.9 Å². The van der Waals surface area contributed by atoms with Crippen LogP contribution in [0.3, 0.4) is 0 Å². The Morgan fingerprint density at radius 1 is 0.489 bits per heavy atom. The molecule has 0 aromatic rings. The van der Waals surface area contributed by atoms with Crippen molar-refractivity contribution in [1.29, 1.82) is 0 Å². The number of unbranched alkanes of at least 4 members (excludes halogenated alkanes) is 24. The van der Waals surface area contributed by atoms with Gasteiger partial charge in [-0.05, 0) is 24.7 Å². The van der Waals surface area contributed by atoms with E-state index in [9.17, 15) is 14.7 Å². The molecular formula is C42H82O5. The van der Waals surface area contributed by atoms with Gasteiger partial charge < -0.3 is 14.6 Å². The number of ether oxygens (including phenoxy) is 2. The van der Waals surface area contributed by atoms with Crippen molar-refractivity contribution in [3.05, 3.63) is 0 Å². The summed E-state index contributed by atoms with van der Waals surface area (Å²) >= 11 is 0. The Balaban J connectivity index is 3.47. The number of aliphatic hydroxyl groups is 1. The van der Waals surface area contributed by atoms with Crippen LogP contribution in [0.2, 0.25) is 0 Å². The smallest absolute Gasteiger partial charge is 0.306 e. The molecule has 0 saturated heterocycles. The van der Waals surface area contributed by atoms with Gasteiger partial charge in [0, 0.05) is 12.8 Å².